The second-order valence-corrected chi connectivity index (χ2v) is 3.38. The second-order valence-electron chi connectivity index (χ2n) is 3.38. The number of anilines is 1. The molecule has 5 heteroatoms. The number of amides is 1. The normalized spacial score (nSPS) is 9.86. The van der Waals surface area contributed by atoms with Crippen LogP contribution in [0.4, 0.5) is 5.82 Å². The molecule has 1 aromatic rings. The Balaban J connectivity index is 2.61. The molecule has 0 aliphatic heterocycles. The summed E-state index contributed by atoms with van der Waals surface area (Å²) in [6.45, 7) is 3.91. The van der Waals surface area contributed by atoms with Crippen LogP contribution in [0.3, 0.4) is 0 Å². The van der Waals surface area contributed by atoms with Crippen molar-refractivity contribution in [3.05, 3.63) is 12.0 Å². The molecule has 0 saturated heterocycles. The minimum atomic E-state index is -0.122. The van der Waals surface area contributed by atoms with Gasteiger partial charge >= 0.3 is 0 Å². The standard InChI is InChI=1S/C9H12N4O/c1-6(2)3-8(14)13-9-7(4-10)11-5-12-9/h5-6H,3H2,1-2H3,(H,11,12)(H,13,14). The molecule has 74 valence electrons. The van der Waals surface area contributed by atoms with Crippen LogP contribution in [0.2, 0.25) is 0 Å². The molecule has 0 saturated carbocycles. The van der Waals surface area contributed by atoms with E-state index >= 15 is 0 Å². The minimum absolute atomic E-state index is 0.122. The third kappa shape index (κ3) is 2.59. The summed E-state index contributed by atoms with van der Waals surface area (Å²) in [7, 11) is 0. The zero-order valence-electron chi connectivity index (χ0n) is 8.16. The first kappa shape index (κ1) is 10.3. The maximum Gasteiger partial charge on any atom is 0.225 e. The van der Waals surface area contributed by atoms with Crippen LogP contribution in [0.5, 0.6) is 0 Å². The molecule has 1 aromatic heterocycles. The number of hydrogen-bond donors (Lipinski definition) is 2. The summed E-state index contributed by atoms with van der Waals surface area (Å²) in [6, 6.07) is 1.90. The van der Waals surface area contributed by atoms with Crippen molar-refractivity contribution in [3.8, 4) is 6.07 Å². The zero-order valence-corrected chi connectivity index (χ0v) is 8.16. The van der Waals surface area contributed by atoms with E-state index in [0.29, 0.717) is 18.2 Å². The van der Waals surface area contributed by atoms with Gasteiger partial charge in [-0.25, -0.2) is 4.98 Å². The molecule has 0 unspecified atom stereocenters. The van der Waals surface area contributed by atoms with E-state index in [1.807, 2.05) is 19.9 Å². The van der Waals surface area contributed by atoms with E-state index in [0.717, 1.165) is 0 Å². The Labute approximate surface area is 82.2 Å². The lowest BCUT2D eigenvalue weighted by molar-refractivity contribution is -0.116. The average molecular weight is 192 g/mol. The largest absolute Gasteiger partial charge is 0.335 e. The summed E-state index contributed by atoms with van der Waals surface area (Å²) in [5.41, 5.74) is 0.280. The van der Waals surface area contributed by atoms with Crippen LogP contribution in [-0.4, -0.2) is 15.9 Å². The predicted octanol–water partition coefficient (Wildman–Crippen LogP) is 1.27. The fourth-order valence-electron chi connectivity index (χ4n) is 1.03. The van der Waals surface area contributed by atoms with Gasteiger partial charge in [-0.05, 0) is 5.92 Å². The molecule has 1 amide bonds. The molecule has 0 bridgehead atoms. The monoisotopic (exact) mass is 192 g/mol. The predicted molar refractivity (Wildman–Crippen MR) is 51.4 cm³/mol. The van der Waals surface area contributed by atoms with Crippen molar-refractivity contribution in [1.29, 1.82) is 5.26 Å². The SMILES string of the molecule is CC(C)CC(=O)Nc1nc[nH]c1C#N. The van der Waals surface area contributed by atoms with Crippen LogP contribution in [-0.2, 0) is 4.79 Å². The van der Waals surface area contributed by atoms with Gasteiger partial charge in [0.25, 0.3) is 0 Å². The molecule has 0 spiro atoms. The lowest BCUT2D eigenvalue weighted by atomic mass is 10.1. The number of imidazole rings is 1. The number of nitrogens with one attached hydrogen (secondary N) is 2. The van der Waals surface area contributed by atoms with E-state index in [1.54, 1.807) is 0 Å². The number of nitriles is 1. The summed E-state index contributed by atoms with van der Waals surface area (Å²) in [5, 5.41) is 11.2. The fraction of sp³-hybridized carbons (Fsp3) is 0.444. The average Bonchev–Trinajstić information content (AvgIpc) is 2.50. The van der Waals surface area contributed by atoms with Crippen LogP contribution >= 0.6 is 0 Å². The Kier molecular flexibility index (Phi) is 3.24. The smallest absolute Gasteiger partial charge is 0.225 e. The molecule has 0 aliphatic carbocycles. The third-order valence-electron chi connectivity index (χ3n) is 1.60. The Morgan fingerprint density at radius 1 is 1.79 bits per heavy atom. The minimum Gasteiger partial charge on any atom is -0.335 e. The highest BCUT2D eigenvalue weighted by Crippen LogP contribution is 2.09. The lowest BCUT2D eigenvalue weighted by Crippen LogP contribution is -2.14. The Bertz CT molecular complexity index is 361. The quantitative estimate of drug-likeness (QED) is 0.756. The van der Waals surface area contributed by atoms with Gasteiger partial charge in [-0.15, -0.1) is 0 Å². The number of nitrogens with zero attached hydrogens (tertiary/aromatic N) is 2. The van der Waals surface area contributed by atoms with Crippen molar-refractivity contribution in [2.24, 2.45) is 5.92 Å². The van der Waals surface area contributed by atoms with Crippen molar-refractivity contribution in [3.63, 3.8) is 0 Å². The van der Waals surface area contributed by atoms with Gasteiger partial charge in [-0.1, -0.05) is 13.8 Å². The summed E-state index contributed by atoms with van der Waals surface area (Å²) >= 11 is 0. The molecule has 1 heterocycles. The first-order chi connectivity index (χ1) is 6.63. The molecule has 5 nitrogen and oxygen atoms in total. The Morgan fingerprint density at radius 3 is 3.07 bits per heavy atom. The molecule has 0 radical (unpaired) electrons. The number of aromatic amines is 1. The van der Waals surface area contributed by atoms with E-state index in [9.17, 15) is 4.79 Å². The highest BCUT2D eigenvalue weighted by Gasteiger charge is 2.09. The van der Waals surface area contributed by atoms with Crippen LogP contribution in [0.15, 0.2) is 6.33 Å². The number of aromatic nitrogens is 2. The number of carbonyl (C=O) groups excluding carboxylic acids is 1. The molecule has 0 aromatic carbocycles. The van der Waals surface area contributed by atoms with Crippen LogP contribution in [0, 0.1) is 17.2 Å². The van der Waals surface area contributed by atoms with Crippen molar-refractivity contribution < 1.29 is 4.79 Å². The third-order valence-corrected chi connectivity index (χ3v) is 1.60. The maximum absolute atomic E-state index is 11.3. The molecule has 0 fully saturated rings. The molecular weight excluding hydrogens is 180 g/mol. The summed E-state index contributed by atoms with van der Waals surface area (Å²) in [6.07, 6.45) is 1.81. The second kappa shape index (κ2) is 4.42. The van der Waals surface area contributed by atoms with Gasteiger partial charge in [0.15, 0.2) is 11.5 Å². The van der Waals surface area contributed by atoms with Gasteiger partial charge in [0.05, 0.1) is 6.33 Å². The van der Waals surface area contributed by atoms with Crippen LogP contribution in [0.25, 0.3) is 0 Å². The summed E-state index contributed by atoms with van der Waals surface area (Å²) in [5.74, 6) is 0.473. The molecule has 0 aliphatic rings. The van der Waals surface area contributed by atoms with Gasteiger partial charge < -0.3 is 10.3 Å². The highest BCUT2D eigenvalue weighted by molar-refractivity contribution is 5.90. The Morgan fingerprint density at radius 2 is 2.50 bits per heavy atom. The van der Waals surface area contributed by atoms with E-state index in [1.165, 1.54) is 6.33 Å². The summed E-state index contributed by atoms with van der Waals surface area (Å²) in [4.78, 5) is 17.8. The van der Waals surface area contributed by atoms with Crippen molar-refractivity contribution >= 4 is 11.7 Å². The summed E-state index contributed by atoms with van der Waals surface area (Å²) < 4.78 is 0. The molecular formula is C9H12N4O. The molecule has 1 rings (SSSR count). The van der Waals surface area contributed by atoms with E-state index in [2.05, 4.69) is 15.3 Å². The van der Waals surface area contributed by atoms with Crippen molar-refractivity contribution in [1.82, 2.24) is 9.97 Å². The molecule has 0 atom stereocenters. The molecule has 14 heavy (non-hydrogen) atoms. The van der Waals surface area contributed by atoms with E-state index in [-0.39, 0.29) is 11.6 Å². The lowest BCUT2D eigenvalue weighted by Gasteiger charge is -2.04. The zero-order chi connectivity index (χ0) is 10.6. The van der Waals surface area contributed by atoms with Crippen LogP contribution in [0.1, 0.15) is 26.0 Å². The van der Waals surface area contributed by atoms with Crippen molar-refractivity contribution in [2.45, 2.75) is 20.3 Å². The first-order valence-corrected chi connectivity index (χ1v) is 4.36. The van der Waals surface area contributed by atoms with Gasteiger partial charge in [0.1, 0.15) is 6.07 Å². The Hall–Kier alpha value is -1.83. The van der Waals surface area contributed by atoms with Crippen LogP contribution < -0.4 is 5.32 Å². The first-order valence-electron chi connectivity index (χ1n) is 4.36. The fourth-order valence-corrected chi connectivity index (χ4v) is 1.03. The number of carbonyl (C=O) groups is 1. The molecule has 2 N–H and O–H groups in total. The number of hydrogen-bond acceptors (Lipinski definition) is 3. The topological polar surface area (TPSA) is 81.6 Å². The van der Waals surface area contributed by atoms with Gasteiger partial charge in [-0.3, -0.25) is 4.79 Å². The van der Waals surface area contributed by atoms with Gasteiger partial charge in [0.2, 0.25) is 5.91 Å². The highest BCUT2D eigenvalue weighted by atomic mass is 16.1. The van der Waals surface area contributed by atoms with E-state index in [4.69, 9.17) is 5.26 Å². The van der Waals surface area contributed by atoms with Gasteiger partial charge in [-0.2, -0.15) is 5.26 Å². The van der Waals surface area contributed by atoms with E-state index < -0.39 is 0 Å². The number of H-pyrrole nitrogens is 1. The van der Waals surface area contributed by atoms with Gasteiger partial charge in [0, 0.05) is 6.42 Å². The number of rotatable bonds is 3. The van der Waals surface area contributed by atoms with Crippen molar-refractivity contribution in [2.75, 3.05) is 5.32 Å². The maximum atomic E-state index is 11.3.